The maximum absolute atomic E-state index is 13.0. The molecule has 3 aromatic carbocycles. The number of carbonyl (C=O) groups excluding carboxylic acids is 1. The number of carbonyl (C=O) groups is 1. The van der Waals surface area contributed by atoms with E-state index in [1.165, 1.54) is 31.4 Å². The third-order valence-electron chi connectivity index (χ3n) is 5.42. The van der Waals surface area contributed by atoms with Crippen molar-refractivity contribution in [2.75, 3.05) is 12.4 Å². The van der Waals surface area contributed by atoms with E-state index in [2.05, 4.69) is 11.9 Å². The van der Waals surface area contributed by atoms with Gasteiger partial charge in [0, 0.05) is 17.3 Å². The Labute approximate surface area is 230 Å². The normalized spacial score (nSPS) is 11.2. The standard InChI is InChI=1S/C27H19F3N4O7/c1-3-5-17-10-16(11-18(15-31)26(35)32-20-7-4-6-19(13-20)27(28,29)30)12-24(40-2)25(17)41-23-9-8-21(33(36)37)14-22(23)34(38)39/h3-4,6-14H,1,5H2,2H3,(H,32,35)/b18-11+. The molecule has 0 spiro atoms. The molecule has 0 heterocycles. The highest BCUT2D eigenvalue weighted by Crippen LogP contribution is 2.41. The summed E-state index contributed by atoms with van der Waals surface area (Å²) in [5.41, 5.74) is -2.20. The summed E-state index contributed by atoms with van der Waals surface area (Å²) >= 11 is 0. The van der Waals surface area contributed by atoms with E-state index >= 15 is 0 Å². The van der Waals surface area contributed by atoms with Gasteiger partial charge in [0.15, 0.2) is 11.5 Å². The Bertz CT molecular complexity index is 1610. The van der Waals surface area contributed by atoms with Crippen molar-refractivity contribution >= 4 is 29.0 Å². The summed E-state index contributed by atoms with van der Waals surface area (Å²) in [6.07, 6.45) is -1.86. The van der Waals surface area contributed by atoms with Crippen LogP contribution < -0.4 is 14.8 Å². The maximum atomic E-state index is 13.0. The van der Waals surface area contributed by atoms with Gasteiger partial charge >= 0.3 is 11.9 Å². The monoisotopic (exact) mass is 568 g/mol. The second-order valence-electron chi connectivity index (χ2n) is 8.18. The van der Waals surface area contributed by atoms with Crippen LogP contribution in [0.4, 0.5) is 30.2 Å². The average Bonchev–Trinajstić information content (AvgIpc) is 2.92. The Kier molecular flexibility index (Phi) is 9.05. The van der Waals surface area contributed by atoms with Crippen LogP contribution in [0.1, 0.15) is 16.7 Å². The number of ether oxygens (including phenoxy) is 2. The number of halogens is 3. The van der Waals surface area contributed by atoms with Crippen molar-refractivity contribution in [3.8, 4) is 23.3 Å². The number of rotatable bonds is 10. The number of nitrogens with one attached hydrogen (secondary N) is 1. The number of anilines is 1. The molecule has 41 heavy (non-hydrogen) atoms. The van der Waals surface area contributed by atoms with Crippen LogP contribution in [0.3, 0.4) is 0 Å². The molecular weight excluding hydrogens is 549 g/mol. The SMILES string of the molecule is C=CCc1cc(/C=C(\C#N)C(=O)Nc2cccc(C(F)(F)F)c2)cc(OC)c1Oc1ccc([N+](=O)[O-])cc1[N+](=O)[O-]. The number of allylic oxidation sites excluding steroid dienone is 1. The van der Waals surface area contributed by atoms with Crippen molar-refractivity contribution in [1.29, 1.82) is 5.26 Å². The lowest BCUT2D eigenvalue weighted by Gasteiger charge is -2.16. The minimum absolute atomic E-state index is 0.00780. The van der Waals surface area contributed by atoms with Crippen LogP contribution in [0.15, 0.2) is 72.8 Å². The molecular formula is C27H19F3N4O7. The van der Waals surface area contributed by atoms with Crippen molar-refractivity contribution in [3.63, 3.8) is 0 Å². The summed E-state index contributed by atoms with van der Waals surface area (Å²) in [7, 11) is 1.27. The highest BCUT2D eigenvalue weighted by molar-refractivity contribution is 6.09. The zero-order valence-electron chi connectivity index (χ0n) is 21.1. The van der Waals surface area contributed by atoms with Gasteiger partial charge in [0.2, 0.25) is 5.75 Å². The largest absolute Gasteiger partial charge is 0.493 e. The van der Waals surface area contributed by atoms with Crippen molar-refractivity contribution in [1.82, 2.24) is 0 Å². The van der Waals surface area contributed by atoms with Crippen molar-refractivity contribution in [2.24, 2.45) is 0 Å². The van der Waals surface area contributed by atoms with E-state index in [-0.39, 0.29) is 34.9 Å². The number of nitriles is 1. The topological polar surface area (TPSA) is 158 Å². The van der Waals surface area contributed by atoms with Crippen LogP contribution in [0.2, 0.25) is 0 Å². The number of nitrogens with zero attached hydrogens (tertiary/aromatic N) is 3. The number of amides is 1. The van der Waals surface area contributed by atoms with Gasteiger partial charge in [-0.2, -0.15) is 18.4 Å². The van der Waals surface area contributed by atoms with Crippen molar-refractivity contribution in [2.45, 2.75) is 12.6 Å². The first-order valence-corrected chi connectivity index (χ1v) is 11.4. The second kappa shape index (κ2) is 12.4. The number of nitro benzene ring substituents is 2. The van der Waals surface area contributed by atoms with E-state index in [0.29, 0.717) is 5.56 Å². The lowest BCUT2D eigenvalue weighted by Crippen LogP contribution is -2.14. The number of hydrogen-bond donors (Lipinski definition) is 1. The van der Waals surface area contributed by atoms with Crippen LogP contribution in [0.5, 0.6) is 17.2 Å². The minimum Gasteiger partial charge on any atom is -0.493 e. The fourth-order valence-electron chi connectivity index (χ4n) is 3.59. The molecule has 11 nitrogen and oxygen atoms in total. The fourth-order valence-corrected chi connectivity index (χ4v) is 3.59. The van der Waals surface area contributed by atoms with Crippen LogP contribution in [-0.4, -0.2) is 22.9 Å². The molecule has 0 bridgehead atoms. The van der Waals surface area contributed by atoms with Crippen LogP contribution in [0, 0.1) is 31.6 Å². The van der Waals surface area contributed by atoms with Crippen molar-refractivity contribution < 1.29 is 37.3 Å². The van der Waals surface area contributed by atoms with Gasteiger partial charge in [-0.15, -0.1) is 6.58 Å². The second-order valence-corrected chi connectivity index (χ2v) is 8.18. The molecule has 3 rings (SSSR count). The summed E-state index contributed by atoms with van der Waals surface area (Å²) in [4.78, 5) is 33.6. The summed E-state index contributed by atoms with van der Waals surface area (Å²) < 4.78 is 50.2. The minimum atomic E-state index is -4.63. The van der Waals surface area contributed by atoms with Gasteiger partial charge in [-0.05, 0) is 54.5 Å². The zero-order valence-corrected chi connectivity index (χ0v) is 21.1. The molecule has 0 saturated carbocycles. The Morgan fingerprint density at radius 2 is 1.83 bits per heavy atom. The predicted octanol–water partition coefficient (Wildman–Crippen LogP) is 6.60. The van der Waals surface area contributed by atoms with Crippen LogP contribution >= 0.6 is 0 Å². The van der Waals surface area contributed by atoms with E-state index in [9.17, 15) is 43.5 Å². The molecule has 0 aliphatic carbocycles. The van der Waals surface area contributed by atoms with Gasteiger partial charge in [0.1, 0.15) is 11.6 Å². The molecule has 0 radical (unpaired) electrons. The molecule has 0 unspecified atom stereocenters. The molecule has 1 amide bonds. The molecule has 0 aromatic heterocycles. The first kappa shape index (κ1) is 29.8. The van der Waals surface area contributed by atoms with Gasteiger partial charge in [0.05, 0.1) is 28.6 Å². The number of alkyl halides is 3. The third kappa shape index (κ3) is 7.24. The molecule has 14 heteroatoms. The molecule has 0 saturated heterocycles. The lowest BCUT2D eigenvalue weighted by molar-refractivity contribution is -0.394. The number of nitro groups is 2. The van der Waals surface area contributed by atoms with E-state index in [1.54, 1.807) is 6.07 Å². The summed E-state index contributed by atoms with van der Waals surface area (Å²) in [6.45, 7) is 3.65. The van der Waals surface area contributed by atoms with E-state index in [1.807, 2.05) is 0 Å². The van der Waals surface area contributed by atoms with Gasteiger partial charge < -0.3 is 14.8 Å². The summed E-state index contributed by atoms with van der Waals surface area (Å²) in [5, 5.41) is 34.4. The molecule has 0 aliphatic rings. The number of methoxy groups -OCH3 is 1. The predicted molar refractivity (Wildman–Crippen MR) is 140 cm³/mol. The Hall–Kier alpha value is -5.71. The van der Waals surface area contributed by atoms with Crippen molar-refractivity contribution in [3.05, 3.63) is 110 Å². The summed E-state index contributed by atoms with van der Waals surface area (Å²) in [5.74, 6) is -1.25. The summed E-state index contributed by atoms with van der Waals surface area (Å²) in [6, 6.07) is 11.3. The van der Waals surface area contributed by atoms with Gasteiger partial charge in [-0.1, -0.05) is 12.1 Å². The van der Waals surface area contributed by atoms with E-state index < -0.39 is 44.4 Å². The van der Waals surface area contributed by atoms with Crippen LogP contribution in [0.25, 0.3) is 6.08 Å². The smallest absolute Gasteiger partial charge is 0.416 e. The zero-order chi connectivity index (χ0) is 30.3. The molecule has 0 atom stereocenters. The molecule has 1 N–H and O–H groups in total. The average molecular weight is 568 g/mol. The molecule has 0 fully saturated rings. The number of hydrogen-bond acceptors (Lipinski definition) is 8. The van der Waals surface area contributed by atoms with Gasteiger partial charge in [0.25, 0.3) is 11.6 Å². The van der Waals surface area contributed by atoms with Gasteiger partial charge in [-0.25, -0.2) is 0 Å². The van der Waals surface area contributed by atoms with E-state index in [4.69, 9.17) is 9.47 Å². The molecule has 0 aliphatic heterocycles. The van der Waals surface area contributed by atoms with Crippen LogP contribution in [-0.2, 0) is 17.4 Å². The van der Waals surface area contributed by atoms with E-state index in [0.717, 1.165) is 42.5 Å². The first-order valence-electron chi connectivity index (χ1n) is 11.4. The highest BCUT2D eigenvalue weighted by Gasteiger charge is 2.30. The Balaban J connectivity index is 2.01. The maximum Gasteiger partial charge on any atom is 0.416 e. The Morgan fingerprint density at radius 3 is 2.41 bits per heavy atom. The fraction of sp³-hybridized carbons (Fsp3) is 0.111. The quantitative estimate of drug-likeness (QED) is 0.0942. The first-order chi connectivity index (χ1) is 19.4. The highest BCUT2D eigenvalue weighted by atomic mass is 19.4. The lowest BCUT2D eigenvalue weighted by atomic mass is 10.0. The number of benzene rings is 3. The number of non-ortho nitro benzene ring substituents is 1. The third-order valence-corrected chi connectivity index (χ3v) is 5.42. The van der Waals surface area contributed by atoms with Gasteiger partial charge in [-0.3, -0.25) is 25.0 Å². The Morgan fingerprint density at radius 1 is 1.10 bits per heavy atom. The molecule has 210 valence electrons. The molecule has 3 aromatic rings.